The third-order valence-corrected chi connectivity index (χ3v) is 4.21. The fourth-order valence-electron chi connectivity index (χ4n) is 2.95. The monoisotopic (exact) mass is 454 g/mol. The Balaban J connectivity index is 2.53. The number of esters is 4. The fraction of sp³-hybridized carbons (Fsp3) is 0.474. The number of hydrogen-bond donors (Lipinski definition) is 1. The van der Waals surface area contributed by atoms with E-state index in [2.05, 4.69) is 9.72 Å². The summed E-state index contributed by atoms with van der Waals surface area (Å²) in [6.45, 7) is 3.00. The van der Waals surface area contributed by atoms with Crippen molar-refractivity contribution in [3.8, 4) is 0 Å². The van der Waals surface area contributed by atoms with Crippen LogP contribution in [0, 0.1) is 0 Å². The maximum absolute atomic E-state index is 12.5. The van der Waals surface area contributed by atoms with E-state index in [1.165, 1.54) is 0 Å². The molecule has 13 nitrogen and oxygen atoms in total. The highest BCUT2D eigenvalue weighted by atomic mass is 16.7. The van der Waals surface area contributed by atoms with Crippen LogP contribution >= 0.6 is 0 Å². The minimum Gasteiger partial charge on any atom is -0.466 e. The van der Waals surface area contributed by atoms with Gasteiger partial charge in [-0.3, -0.25) is 28.7 Å². The Bertz CT molecular complexity index is 1040. The van der Waals surface area contributed by atoms with E-state index in [1.54, 1.807) is 0 Å². The molecule has 1 fully saturated rings. The van der Waals surface area contributed by atoms with Gasteiger partial charge in [-0.25, -0.2) is 9.59 Å². The van der Waals surface area contributed by atoms with Gasteiger partial charge < -0.3 is 23.7 Å². The predicted octanol–water partition coefficient (Wildman–Crippen LogP) is -0.953. The van der Waals surface area contributed by atoms with Crippen LogP contribution in [0.5, 0.6) is 0 Å². The normalized spacial score (nSPS) is 22.4. The minimum atomic E-state index is -1.36. The van der Waals surface area contributed by atoms with Crippen molar-refractivity contribution in [1.82, 2.24) is 9.55 Å². The summed E-state index contributed by atoms with van der Waals surface area (Å²) in [5.74, 6) is -2.88. The molecule has 0 unspecified atom stereocenters. The van der Waals surface area contributed by atoms with Crippen LogP contribution in [0.15, 0.2) is 21.9 Å². The Hall–Kier alpha value is -3.74. The summed E-state index contributed by atoms with van der Waals surface area (Å²) in [6, 6.07) is 0. The smallest absolute Gasteiger partial charge is 0.330 e. The maximum atomic E-state index is 12.5. The zero-order valence-electron chi connectivity index (χ0n) is 17.7. The number of H-pyrrole nitrogens is 1. The van der Waals surface area contributed by atoms with Crippen LogP contribution in [0.2, 0.25) is 0 Å². The Morgan fingerprint density at radius 1 is 1.06 bits per heavy atom. The van der Waals surface area contributed by atoms with Gasteiger partial charge in [-0.15, -0.1) is 0 Å². The van der Waals surface area contributed by atoms with Crippen LogP contribution in [-0.4, -0.2) is 65.5 Å². The van der Waals surface area contributed by atoms with Crippen LogP contribution in [0.3, 0.4) is 0 Å². The van der Waals surface area contributed by atoms with Crippen LogP contribution in [0.1, 0.15) is 32.6 Å². The lowest BCUT2D eigenvalue weighted by molar-refractivity contribution is -0.166. The van der Waals surface area contributed by atoms with E-state index < -0.39 is 59.7 Å². The van der Waals surface area contributed by atoms with Gasteiger partial charge in [0.15, 0.2) is 18.4 Å². The number of carbonyl (C=O) groups excluding carboxylic acids is 4. The van der Waals surface area contributed by atoms with E-state index in [0.29, 0.717) is 0 Å². The highest BCUT2D eigenvalue weighted by Gasteiger charge is 2.51. The van der Waals surface area contributed by atoms with Crippen molar-refractivity contribution < 1.29 is 42.9 Å². The van der Waals surface area contributed by atoms with E-state index in [-0.39, 0.29) is 12.2 Å². The third-order valence-electron chi connectivity index (χ3n) is 4.21. The lowest BCUT2D eigenvalue weighted by Gasteiger charge is -2.24. The average Bonchev–Trinajstić information content (AvgIpc) is 3.01. The number of nitrogens with zero attached hydrogens (tertiary/aromatic N) is 1. The molecular weight excluding hydrogens is 432 g/mol. The first kappa shape index (κ1) is 24.5. The summed E-state index contributed by atoms with van der Waals surface area (Å²) >= 11 is 0. The van der Waals surface area contributed by atoms with Crippen molar-refractivity contribution in [2.24, 2.45) is 0 Å². The van der Waals surface area contributed by atoms with Gasteiger partial charge in [0.05, 0.1) is 12.7 Å². The molecule has 2 heterocycles. The first-order valence-electron chi connectivity index (χ1n) is 9.28. The van der Waals surface area contributed by atoms with Gasteiger partial charge in [0.1, 0.15) is 12.7 Å². The fourth-order valence-corrected chi connectivity index (χ4v) is 2.95. The molecule has 0 radical (unpaired) electrons. The van der Waals surface area contributed by atoms with Crippen LogP contribution in [0.4, 0.5) is 0 Å². The van der Waals surface area contributed by atoms with Crippen LogP contribution in [-0.2, 0) is 42.9 Å². The lowest BCUT2D eigenvalue weighted by atomic mass is 10.1. The van der Waals surface area contributed by atoms with E-state index >= 15 is 0 Å². The molecule has 2 rings (SSSR count). The van der Waals surface area contributed by atoms with Gasteiger partial charge >= 0.3 is 29.6 Å². The number of aromatic amines is 1. The molecule has 0 saturated carbocycles. The molecule has 1 N–H and O–H groups in total. The quantitative estimate of drug-likeness (QED) is 0.306. The molecule has 32 heavy (non-hydrogen) atoms. The largest absolute Gasteiger partial charge is 0.466 e. The van der Waals surface area contributed by atoms with Crippen LogP contribution < -0.4 is 11.2 Å². The number of nitrogens with one attached hydrogen (secondary N) is 1. The third kappa shape index (κ3) is 6.14. The molecule has 1 saturated heterocycles. The van der Waals surface area contributed by atoms with Crippen LogP contribution in [0.25, 0.3) is 6.08 Å². The molecule has 0 bridgehead atoms. The Morgan fingerprint density at radius 3 is 2.25 bits per heavy atom. The highest BCUT2D eigenvalue weighted by Crippen LogP contribution is 2.33. The molecule has 0 aromatic carbocycles. The molecule has 13 heteroatoms. The molecule has 4 atom stereocenters. The topological polar surface area (TPSA) is 169 Å². The number of methoxy groups -OCH3 is 1. The van der Waals surface area contributed by atoms with Gasteiger partial charge in [0.25, 0.3) is 5.56 Å². The van der Waals surface area contributed by atoms with E-state index in [4.69, 9.17) is 18.9 Å². The van der Waals surface area contributed by atoms with E-state index in [1.807, 2.05) is 0 Å². The second-order valence-electron chi connectivity index (χ2n) is 6.62. The molecule has 0 spiro atoms. The summed E-state index contributed by atoms with van der Waals surface area (Å²) in [4.78, 5) is 72.5. The number of aromatic nitrogens is 2. The second kappa shape index (κ2) is 10.5. The zero-order chi connectivity index (χ0) is 24.0. The van der Waals surface area contributed by atoms with Gasteiger partial charge in [0, 0.05) is 33.0 Å². The van der Waals surface area contributed by atoms with Crippen molar-refractivity contribution in [3.05, 3.63) is 38.7 Å². The molecule has 1 aromatic rings. The SMILES string of the molecule is COC(=O)/C=C/c1cn([C@@H]2O[C@H](COC(C)=O)[C@@H](OC(C)=O)[C@@H]2OC(C)=O)c(=O)[nH]c1=O. The summed E-state index contributed by atoms with van der Waals surface area (Å²) in [5, 5.41) is 0. The van der Waals surface area contributed by atoms with Gasteiger partial charge in [-0.05, 0) is 6.08 Å². The molecule has 174 valence electrons. The molecule has 0 aliphatic carbocycles. The van der Waals surface area contributed by atoms with Gasteiger partial charge in [-0.2, -0.15) is 0 Å². The summed E-state index contributed by atoms with van der Waals surface area (Å²) in [6.07, 6.45) is -1.86. The summed E-state index contributed by atoms with van der Waals surface area (Å²) in [5.41, 5.74) is -1.85. The second-order valence-corrected chi connectivity index (χ2v) is 6.62. The number of rotatable bonds is 7. The van der Waals surface area contributed by atoms with Crippen molar-refractivity contribution in [3.63, 3.8) is 0 Å². The van der Waals surface area contributed by atoms with Crippen molar-refractivity contribution >= 4 is 30.0 Å². The average molecular weight is 454 g/mol. The van der Waals surface area contributed by atoms with E-state index in [9.17, 15) is 28.8 Å². The molecule has 0 amide bonds. The minimum absolute atomic E-state index is 0.118. The number of hydrogen-bond acceptors (Lipinski definition) is 11. The standard InChI is InChI=1S/C19H22N2O11/c1-9(22)29-8-13-15(30-10(2)23)16(31-11(3)24)18(32-13)21-7-12(5-6-14(25)28-4)17(26)20-19(21)27/h5-7,13,15-16,18H,8H2,1-4H3,(H,20,26,27)/b6-5+/t13-,15-,16+,18-/m1/s1. The summed E-state index contributed by atoms with van der Waals surface area (Å²) in [7, 11) is 1.15. The number of carbonyl (C=O) groups is 4. The zero-order valence-corrected chi connectivity index (χ0v) is 17.7. The molecule has 1 aliphatic rings. The van der Waals surface area contributed by atoms with Gasteiger partial charge in [-0.1, -0.05) is 0 Å². The Morgan fingerprint density at radius 2 is 1.69 bits per heavy atom. The number of ether oxygens (including phenoxy) is 5. The predicted molar refractivity (Wildman–Crippen MR) is 104 cm³/mol. The van der Waals surface area contributed by atoms with Crippen molar-refractivity contribution in [1.29, 1.82) is 0 Å². The molecular formula is C19H22N2O11. The van der Waals surface area contributed by atoms with Crippen molar-refractivity contribution in [2.75, 3.05) is 13.7 Å². The Kier molecular flexibility index (Phi) is 8.07. The Labute approximate surface area is 180 Å². The van der Waals surface area contributed by atoms with Crippen molar-refractivity contribution in [2.45, 2.75) is 45.3 Å². The maximum Gasteiger partial charge on any atom is 0.330 e. The highest BCUT2D eigenvalue weighted by molar-refractivity contribution is 5.86. The first-order valence-corrected chi connectivity index (χ1v) is 9.28. The molecule has 1 aromatic heterocycles. The molecule has 1 aliphatic heterocycles. The summed E-state index contributed by atoms with van der Waals surface area (Å²) < 4.78 is 26.5. The van der Waals surface area contributed by atoms with Gasteiger partial charge in [0.2, 0.25) is 0 Å². The van der Waals surface area contributed by atoms with E-state index in [0.717, 1.165) is 50.8 Å². The first-order chi connectivity index (χ1) is 15.0. The lowest BCUT2D eigenvalue weighted by Crippen LogP contribution is -2.42.